The van der Waals surface area contributed by atoms with Crippen LogP contribution in [0.5, 0.6) is 28.7 Å². The van der Waals surface area contributed by atoms with Crippen LogP contribution in [-0.2, 0) is 22.3 Å². The van der Waals surface area contributed by atoms with E-state index in [-0.39, 0.29) is 36.1 Å². The Bertz CT molecular complexity index is 2180. The van der Waals surface area contributed by atoms with E-state index in [0.29, 0.717) is 42.2 Å². The summed E-state index contributed by atoms with van der Waals surface area (Å²) in [6, 6.07) is 14.4. The van der Waals surface area contributed by atoms with Gasteiger partial charge in [0.25, 0.3) is 5.69 Å². The van der Waals surface area contributed by atoms with Crippen molar-refractivity contribution >= 4 is 17.9 Å². The predicted octanol–water partition coefficient (Wildman–Crippen LogP) is 8.74. The number of carbonyl (C=O) groups is 2. The first-order chi connectivity index (χ1) is 32.8. The molecule has 8 rings (SSSR count). The highest BCUT2D eigenvalue weighted by molar-refractivity contribution is 5.67. The third kappa shape index (κ3) is 12.3. The molecule has 5 aliphatic rings. The van der Waals surface area contributed by atoms with Crippen molar-refractivity contribution in [1.29, 1.82) is 0 Å². The molecule has 5 heterocycles. The summed E-state index contributed by atoms with van der Waals surface area (Å²) in [7, 11) is 6.69. The molecular weight excluding hydrogens is 871 g/mol. The number of amides is 1. The SMILES string of the molecule is COc1cc2c(cc1OC)[C@H]1C[C@@H](COC(=O)N3CCNCC3)[C@H](CC(C)C)CN1CC2.COc1cc2c(cc1OC)[C@H]1C[C@@H](COC(=O)Oc3ccc([N+](=O)[O-])cc3)[C@H](CC(C)C)CN1CC2. The van der Waals surface area contributed by atoms with Gasteiger partial charge in [-0.3, -0.25) is 19.9 Å². The van der Waals surface area contributed by atoms with Gasteiger partial charge in [0.2, 0.25) is 0 Å². The standard InChI is InChI=1S/C27H34N2O7.C25H39N3O4/c1-17(2)11-19-15-28-10-9-18-13-25(33-3)26(34-4)14-23(18)24(28)12-20(19)16-35-27(30)36-22-7-5-21(6-8-22)29(31)32;1-17(2)11-19-15-28-8-5-18-13-23(30-3)24(31-4)14-21(18)22(28)12-20(19)16-32-25(29)27-9-6-26-7-10-27/h5-8,13-14,17,19-20,24H,9-12,15-16H2,1-4H3;13-14,17,19-20,22,26H,5-12,15-16H2,1-4H3/t19-,20+,24-;19-,20+,22-/m11/s1. The van der Waals surface area contributed by atoms with Crippen LogP contribution in [-0.4, -0.2) is 126 Å². The van der Waals surface area contributed by atoms with Crippen molar-refractivity contribution in [3.63, 3.8) is 0 Å². The van der Waals surface area contributed by atoms with Crippen molar-refractivity contribution in [2.75, 3.05) is 94.0 Å². The van der Waals surface area contributed by atoms with Crippen LogP contribution in [0.1, 0.15) is 87.7 Å². The molecule has 3 aromatic rings. The van der Waals surface area contributed by atoms with Crippen molar-refractivity contribution < 1.29 is 47.7 Å². The van der Waals surface area contributed by atoms with Gasteiger partial charge in [-0.15, -0.1) is 0 Å². The van der Waals surface area contributed by atoms with Crippen molar-refractivity contribution in [1.82, 2.24) is 20.0 Å². The molecule has 0 spiro atoms. The molecule has 0 bridgehead atoms. The maximum Gasteiger partial charge on any atom is 0.513 e. The second kappa shape index (κ2) is 23.3. The zero-order valence-electron chi connectivity index (χ0n) is 41.3. The number of nitro groups is 1. The van der Waals surface area contributed by atoms with Gasteiger partial charge in [0.05, 0.1) is 46.6 Å². The van der Waals surface area contributed by atoms with Crippen molar-refractivity contribution in [3.8, 4) is 28.7 Å². The number of rotatable bonds is 14. The van der Waals surface area contributed by atoms with Crippen LogP contribution >= 0.6 is 0 Å². The number of carbonyl (C=O) groups excluding carboxylic acids is 2. The van der Waals surface area contributed by atoms with Crippen LogP contribution in [0.25, 0.3) is 0 Å². The average molecular weight is 944 g/mol. The average Bonchev–Trinajstić information content (AvgIpc) is 3.34. The molecule has 0 saturated carbocycles. The third-order valence-corrected chi connectivity index (χ3v) is 14.6. The van der Waals surface area contributed by atoms with Gasteiger partial charge in [-0.2, -0.15) is 0 Å². The van der Waals surface area contributed by atoms with Crippen molar-refractivity contribution in [2.24, 2.45) is 35.5 Å². The lowest BCUT2D eigenvalue weighted by molar-refractivity contribution is -0.384. The molecular formula is C52H73N5O11. The maximum atomic E-state index is 12.6. The molecule has 3 saturated heterocycles. The quantitative estimate of drug-likeness (QED) is 0.0706. The Kier molecular flexibility index (Phi) is 17.3. The minimum atomic E-state index is -0.801. The van der Waals surface area contributed by atoms with E-state index in [1.54, 1.807) is 28.4 Å². The number of nitrogens with zero attached hydrogens (tertiary/aromatic N) is 4. The molecule has 0 unspecified atom stereocenters. The molecule has 1 N–H and O–H groups in total. The predicted molar refractivity (Wildman–Crippen MR) is 258 cm³/mol. The summed E-state index contributed by atoms with van der Waals surface area (Å²) >= 11 is 0. The first-order valence-electron chi connectivity index (χ1n) is 24.5. The number of non-ortho nitro benzene ring substituents is 1. The van der Waals surface area contributed by atoms with Gasteiger partial charge in [-0.1, -0.05) is 27.7 Å². The molecule has 0 aliphatic carbocycles. The summed E-state index contributed by atoms with van der Waals surface area (Å²) < 4.78 is 38.9. The fraction of sp³-hybridized carbons (Fsp3) is 0.615. The summed E-state index contributed by atoms with van der Waals surface area (Å²) in [6.45, 7) is 17.0. The molecule has 68 heavy (non-hydrogen) atoms. The van der Waals surface area contributed by atoms with E-state index in [4.69, 9.17) is 33.2 Å². The van der Waals surface area contributed by atoms with Gasteiger partial charge in [-0.05, 0) is 133 Å². The van der Waals surface area contributed by atoms with E-state index in [2.05, 4.69) is 67.1 Å². The number of methoxy groups -OCH3 is 4. The highest BCUT2D eigenvalue weighted by Crippen LogP contribution is 2.47. The van der Waals surface area contributed by atoms with Crippen LogP contribution < -0.4 is 29.0 Å². The number of piperazine rings is 1. The van der Waals surface area contributed by atoms with Crippen LogP contribution in [0.4, 0.5) is 15.3 Å². The van der Waals surface area contributed by atoms with Crippen LogP contribution in [0.3, 0.4) is 0 Å². The smallest absolute Gasteiger partial charge is 0.493 e. The van der Waals surface area contributed by atoms with E-state index in [9.17, 15) is 19.7 Å². The Hall–Kier alpha value is -5.32. The summed E-state index contributed by atoms with van der Waals surface area (Å²) in [4.78, 5) is 42.4. The van der Waals surface area contributed by atoms with Gasteiger partial charge in [0.1, 0.15) is 5.75 Å². The summed E-state index contributed by atoms with van der Waals surface area (Å²) in [6.07, 6.45) is 5.12. The molecule has 16 heteroatoms. The lowest BCUT2D eigenvalue weighted by Crippen LogP contribution is -2.49. The van der Waals surface area contributed by atoms with Crippen LogP contribution in [0, 0.1) is 45.6 Å². The van der Waals surface area contributed by atoms with Gasteiger partial charge < -0.3 is 43.4 Å². The molecule has 16 nitrogen and oxygen atoms in total. The van der Waals surface area contributed by atoms with Crippen LogP contribution in [0.2, 0.25) is 0 Å². The zero-order valence-corrected chi connectivity index (χ0v) is 41.3. The number of hydrogen-bond donors (Lipinski definition) is 1. The number of nitrogens with one attached hydrogen (secondary N) is 1. The van der Waals surface area contributed by atoms with Gasteiger partial charge in [0, 0.05) is 76.6 Å². The Morgan fingerprint density at radius 1 is 0.662 bits per heavy atom. The topological polar surface area (TPSA) is 164 Å². The molecule has 372 valence electrons. The Balaban J connectivity index is 0.000000203. The Labute approximate surface area is 402 Å². The van der Waals surface area contributed by atoms with E-state index in [0.717, 1.165) is 114 Å². The van der Waals surface area contributed by atoms with Gasteiger partial charge >= 0.3 is 12.2 Å². The molecule has 3 aromatic carbocycles. The number of hydrogen-bond acceptors (Lipinski definition) is 14. The number of ether oxygens (including phenoxy) is 7. The summed E-state index contributed by atoms with van der Waals surface area (Å²) in [5.41, 5.74) is 5.15. The minimum absolute atomic E-state index is 0.0685. The van der Waals surface area contributed by atoms with E-state index in [1.807, 2.05) is 4.90 Å². The highest BCUT2D eigenvalue weighted by atomic mass is 16.7. The van der Waals surface area contributed by atoms with Crippen LogP contribution in [0.15, 0.2) is 48.5 Å². The molecule has 5 aliphatic heterocycles. The summed E-state index contributed by atoms with van der Waals surface area (Å²) in [5.74, 6) is 5.91. The lowest BCUT2D eigenvalue weighted by atomic mass is 9.74. The molecule has 6 atom stereocenters. The first kappa shape index (κ1) is 50.6. The fourth-order valence-corrected chi connectivity index (χ4v) is 11.2. The molecule has 0 aromatic heterocycles. The monoisotopic (exact) mass is 944 g/mol. The number of benzene rings is 3. The summed E-state index contributed by atoms with van der Waals surface area (Å²) in [5, 5.41) is 14.1. The van der Waals surface area contributed by atoms with E-state index in [1.165, 1.54) is 46.5 Å². The fourth-order valence-electron chi connectivity index (χ4n) is 11.2. The number of nitro benzene ring substituents is 1. The molecule has 1 amide bonds. The first-order valence-corrected chi connectivity index (χ1v) is 24.5. The largest absolute Gasteiger partial charge is 0.513 e. The van der Waals surface area contributed by atoms with Crippen molar-refractivity contribution in [2.45, 2.75) is 78.3 Å². The second-order valence-electron chi connectivity index (χ2n) is 19.8. The molecule has 3 fully saturated rings. The number of piperidine rings is 2. The van der Waals surface area contributed by atoms with E-state index >= 15 is 0 Å². The van der Waals surface area contributed by atoms with Gasteiger partial charge in [-0.25, -0.2) is 9.59 Å². The van der Waals surface area contributed by atoms with Crippen molar-refractivity contribution in [3.05, 3.63) is 80.9 Å². The van der Waals surface area contributed by atoms with E-state index < -0.39 is 11.1 Å². The Morgan fingerprint density at radius 2 is 1.12 bits per heavy atom. The number of fused-ring (bicyclic) bond motifs is 6. The minimum Gasteiger partial charge on any atom is -0.493 e. The third-order valence-electron chi connectivity index (χ3n) is 14.6. The molecule has 0 radical (unpaired) electrons. The van der Waals surface area contributed by atoms with Gasteiger partial charge in [0.15, 0.2) is 23.0 Å². The normalized spacial score (nSPS) is 23.4. The zero-order chi connectivity index (χ0) is 48.5. The lowest BCUT2D eigenvalue weighted by Gasteiger charge is -2.47. The second-order valence-corrected chi connectivity index (χ2v) is 19.8. The maximum absolute atomic E-state index is 12.6. The Morgan fingerprint density at radius 3 is 1.56 bits per heavy atom. The highest BCUT2D eigenvalue weighted by Gasteiger charge is 2.42.